The molecule has 14 heavy (non-hydrogen) atoms. The molecule has 1 aromatic rings. The summed E-state index contributed by atoms with van der Waals surface area (Å²) in [6.07, 6.45) is 2.50. The molecule has 0 amide bonds. The maximum absolute atomic E-state index is 4.42. The van der Waals surface area contributed by atoms with Crippen LogP contribution in [0, 0.1) is 6.92 Å². The highest BCUT2D eigenvalue weighted by Gasteiger charge is 2.20. The van der Waals surface area contributed by atoms with Crippen LogP contribution >= 0.6 is 11.3 Å². The Morgan fingerprint density at radius 2 is 2.50 bits per heavy atom. The van der Waals surface area contributed by atoms with E-state index in [1.165, 1.54) is 12.8 Å². The van der Waals surface area contributed by atoms with Crippen molar-refractivity contribution in [3.05, 3.63) is 11.1 Å². The fraction of sp³-hybridized carbons (Fsp3) is 0.700. The molecule has 4 heteroatoms. The minimum Gasteiger partial charge on any atom is -0.357 e. The Labute approximate surface area is 88.9 Å². The number of hydrogen-bond donors (Lipinski definition) is 2. The molecule has 2 heterocycles. The summed E-state index contributed by atoms with van der Waals surface area (Å²) in [5.74, 6) is 0. The van der Waals surface area contributed by atoms with Gasteiger partial charge in [0.2, 0.25) is 0 Å². The highest BCUT2D eigenvalue weighted by molar-refractivity contribution is 7.13. The monoisotopic (exact) mass is 211 g/mol. The van der Waals surface area contributed by atoms with Gasteiger partial charge < -0.3 is 10.6 Å². The van der Waals surface area contributed by atoms with Gasteiger partial charge >= 0.3 is 0 Å². The molecule has 1 saturated heterocycles. The summed E-state index contributed by atoms with van der Waals surface area (Å²) in [7, 11) is 0. The summed E-state index contributed by atoms with van der Waals surface area (Å²) in [6, 6.07) is 1.09. The number of piperidine rings is 1. The van der Waals surface area contributed by atoms with Gasteiger partial charge in [-0.2, -0.15) is 0 Å². The third-order valence-corrected chi connectivity index (χ3v) is 3.58. The lowest BCUT2D eigenvalue weighted by Crippen LogP contribution is -2.46. The van der Waals surface area contributed by atoms with E-state index in [1.54, 1.807) is 11.3 Å². The van der Waals surface area contributed by atoms with E-state index in [1.807, 2.05) is 6.92 Å². The predicted octanol–water partition coefficient (Wildman–Crippen LogP) is 2.00. The summed E-state index contributed by atoms with van der Waals surface area (Å²) in [5, 5.41) is 10.1. The van der Waals surface area contributed by atoms with Crippen molar-refractivity contribution in [1.82, 2.24) is 10.3 Å². The van der Waals surface area contributed by atoms with Gasteiger partial charge in [-0.3, -0.25) is 0 Å². The Balaban J connectivity index is 1.95. The van der Waals surface area contributed by atoms with Crippen LogP contribution in [0.15, 0.2) is 5.38 Å². The molecule has 0 spiro atoms. The van der Waals surface area contributed by atoms with Gasteiger partial charge in [0.1, 0.15) is 0 Å². The molecule has 0 saturated carbocycles. The summed E-state index contributed by atoms with van der Waals surface area (Å²) in [5.41, 5.74) is 1.11. The number of thiazole rings is 1. The second kappa shape index (κ2) is 4.28. The number of aromatic nitrogens is 1. The van der Waals surface area contributed by atoms with E-state index < -0.39 is 0 Å². The molecule has 2 N–H and O–H groups in total. The highest BCUT2D eigenvalue weighted by Crippen LogP contribution is 2.19. The van der Waals surface area contributed by atoms with E-state index in [-0.39, 0.29) is 0 Å². The van der Waals surface area contributed by atoms with Crippen LogP contribution in [0.1, 0.15) is 25.5 Å². The zero-order valence-electron chi connectivity index (χ0n) is 8.71. The van der Waals surface area contributed by atoms with Crippen molar-refractivity contribution < 1.29 is 0 Å². The quantitative estimate of drug-likeness (QED) is 0.785. The molecule has 1 aliphatic rings. The van der Waals surface area contributed by atoms with Gasteiger partial charge in [0.15, 0.2) is 5.13 Å². The van der Waals surface area contributed by atoms with E-state index in [2.05, 4.69) is 27.9 Å². The summed E-state index contributed by atoms with van der Waals surface area (Å²) >= 11 is 1.70. The van der Waals surface area contributed by atoms with Gasteiger partial charge in [-0.1, -0.05) is 0 Å². The molecule has 1 aromatic heterocycles. The van der Waals surface area contributed by atoms with Crippen molar-refractivity contribution in [2.75, 3.05) is 11.9 Å². The number of nitrogens with one attached hydrogen (secondary N) is 2. The zero-order valence-corrected chi connectivity index (χ0v) is 9.53. The van der Waals surface area contributed by atoms with Crippen molar-refractivity contribution in [2.24, 2.45) is 0 Å². The minimum absolute atomic E-state index is 0.536. The van der Waals surface area contributed by atoms with Crippen LogP contribution < -0.4 is 10.6 Å². The number of anilines is 1. The molecule has 3 nitrogen and oxygen atoms in total. The molecule has 2 atom stereocenters. The highest BCUT2D eigenvalue weighted by atomic mass is 32.1. The van der Waals surface area contributed by atoms with E-state index in [9.17, 15) is 0 Å². The van der Waals surface area contributed by atoms with Gasteiger partial charge in [0.25, 0.3) is 0 Å². The summed E-state index contributed by atoms with van der Waals surface area (Å²) < 4.78 is 0. The first-order chi connectivity index (χ1) is 6.75. The van der Waals surface area contributed by atoms with Crippen molar-refractivity contribution >= 4 is 16.5 Å². The minimum atomic E-state index is 0.536. The van der Waals surface area contributed by atoms with Crippen LogP contribution in [0.5, 0.6) is 0 Å². The Hall–Kier alpha value is -0.610. The van der Waals surface area contributed by atoms with Gasteiger partial charge in [-0.05, 0) is 33.2 Å². The van der Waals surface area contributed by atoms with E-state index in [0.29, 0.717) is 12.1 Å². The predicted molar refractivity (Wildman–Crippen MR) is 61.0 cm³/mol. The summed E-state index contributed by atoms with van der Waals surface area (Å²) in [4.78, 5) is 4.42. The van der Waals surface area contributed by atoms with Gasteiger partial charge in [0.05, 0.1) is 5.69 Å². The average molecular weight is 211 g/mol. The number of hydrogen-bond acceptors (Lipinski definition) is 4. The van der Waals surface area contributed by atoms with Crippen LogP contribution in [0.2, 0.25) is 0 Å². The number of rotatable bonds is 2. The van der Waals surface area contributed by atoms with E-state index in [0.717, 1.165) is 17.4 Å². The Kier molecular flexibility index (Phi) is 3.03. The first-order valence-corrected chi connectivity index (χ1v) is 6.06. The van der Waals surface area contributed by atoms with Crippen molar-refractivity contribution in [3.63, 3.8) is 0 Å². The van der Waals surface area contributed by atoms with Crippen molar-refractivity contribution in [3.8, 4) is 0 Å². The number of aryl methyl sites for hydroxylation is 1. The molecule has 1 aliphatic heterocycles. The Morgan fingerprint density at radius 1 is 1.64 bits per heavy atom. The molecular weight excluding hydrogens is 194 g/mol. The topological polar surface area (TPSA) is 37.0 Å². The first kappa shape index (κ1) is 9.93. The van der Waals surface area contributed by atoms with Gasteiger partial charge in [-0.25, -0.2) is 4.98 Å². The molecule has 0 aromatic carbocycles. The lowest BCUT2D eigenvalue weighted by atomic mass is 10.0. The van der Waals surface area contributed by atoms with E-state index in [4.69, 9.17) is 0 Å². The molecule has 2 rings (SSSR count). The zero-order chi connectivity index (χ0) is 9.97. The summed E-state index contributed by atoms with van der Waals surface area (Å²) in [6.45, 7) is 5.41. The molecule has 0 bridgehead atoms. The third kappa shape index (κ3) is 2.25. The van der Waals surface area contributed by atoms with Crippen LogP contribution in [-0.4, -0.2) is 23.6 Å². The SMILES string of the molecule is Cc1csc(N[C@H]2CCCN[C@H]2C)n1. The molecule has 0 aliphatic carbocycles. The maximum atomic E-state index is 4.42. The van der Waals surface area contributed by atoms with Crippen LogP contribution in [0.25, 0.3) is 0 Å². The lowest BCUT2D eigenvalue weighted by molar-refractivity contribution is 0.389. The Bertz CT molecular complexity index is 297. The largest absolute Gasteiger partial charge is 0.357 e. The first-order valence-electron chi connectivity index (χ1n) is 5.18. The van der Waals surface area contributed by atoms with Gasteiger partial charge in [-0.15, -0.1) is 11.3 Å². The van der Waals surface area contributed by atoms with Gasteiger partial charge in [0, 0.05) is 17.5 Å². The molecular formula is C10H17N3S. The lowest BCUT2D eigenvalue weighted by Gasteiger charge is -2.30. The van der Waals surface area contributed by atoms with Crippen LogP contribution in [0.3, 0.4) is 0 Å². The fourth-order valence-corrected chi connectivity index (χ4v) is 2.57. The third-order valence-electron chi connectivity index (χ3n) is 2.69. The normalized spacial score (nSPS) is 27.6. The van der Waals surface area contributed by atoms with Crippen molar-refractivity contribution in [2.45, 2.75) is 38.8 Å². The second-order valence-corrected chi connectivity index (χ2v) is 4.79. The second-order valence-electron chi connectivity index (χ2n) is 3.93. The van der Waals surface area contributed by atoms with Crippen LogP contribution in [0.4, 0.5) is 5.13 Å². The standard InChI is InChI=1S/C10H17N3S/c1-7-6-14-10(12-7)13-9-4-3-5-11-8(9)2/h6,8-9,11H,3-5H2,1-2H3,(H,12,13)/t8-,9-/m0/s1. The van der Waals surface area contributed by atoms with Crippen molar-refractivity contribution in [1.29, 1.82) is 0 Å². The molecule has 0 unspecified atom stereocenters. The van der Waals surface area contributed by atoms with E-state index >= 15 is 0 Å². The Morgan fingerprint density at radius 3 is 3.14 bits per heavy atom. The average Bonchev–Trinajstić information content (AvgIpc) is 2.56. The smallest absolute Gasteiger partial charge is 0.183 e. The fourth-order valence-electron chi connectivity index (χ4n) is 1.82. The molecule has 1 fully saturated rings. The molecule has 78 valence electrons. The van der Waals surface area contributed by atoms with Crippen LogP contribution in [-0.2, 0) is 0 Å². The number of nitrogens with zero attached hydrogens (tertiary/aromatic N) is 1. The molecule has 0 radical (unpaired) electrons. The maximum Gasteiger partial charge on any atom is 0.183 e.